The van der Waals surface area contributed by atoms with Crippen molar-refractivity contribution < 1.29 is 4.74 Å². The predicted molar refractivity (Wildman–Crippen MR) is 97.2 cm³/mol. The monoisotopic (exact) mass is 402 g/mol. The second kappa shape index (κ2) is 6.74. The van der Waals surface area contributed by atoms with E-state index in [2.05, 4.69) is 4.98 Å². The molecule has 0 aliphatic heterocycles. The molecule has 0 spiro atoms. The average molecular weight is 404 g/mol. The minimum absolute atomic E-state index is 0.0853. The molecule has 0 aliphatic rings. The van der Waals surface area contributed by atoms with Gasteiger partial charge in [0.1, 0.15) is 6.61 Å². The third-order valence-electron chi connectivity index (χ3n) is 3.78. The van der Waals surface area contributed by atoms with Crippen molar-refractivity contribution in [3.63, 3.8) is 0 Å². The molecule has 3 aromatic rings. The van der Waals surface area contributed by atoms with Gasteiger partial charge >= 0.3 is 5.69 Å². The number of hydrogen-bond acceptors (Lipinski definition) is 4. The van der Waals surface area contributed by atoms with E-state index >= 15 is 0 Å². The molecule has 25 heavy (non-hydrogen) atoms. The van der Waals surface area contributed by atoms with Crippen LogP contribution < -0.4 is 16.0 Å². The van der Waals surface area contributed by atoms with Gasteiger partial charge in [-0.05, 0) is 23.7 Å². The van der Waals surface area contributed by atoms with Crippen LogP contribution >= 0.6 is 34.8 Å². The van der Waals surface area contributed by atoms with E-state index in [9.17, 15) is 9.59 Å². The fraction of sp³-hybridized carbons (Fsp3) is 0.267. The Bertz CT molecular complexity index is 1060. The summed E-state index contributed by atoms with van der Waals surface area (Å²) < 4.78 is 9.38. The predicted octanol–water partition coefficient (Wildman–Crippen LogP) is 2.47. The lowest BCUT2D eigenvalue weighted by molar-refractivity contribution is 0.300. The van der Waals surface area contributed by atoms with Crippen LogP contribution in [0.25, 0.3) is 11.2 Å². The SMILES string of the molecule is Cn1c(=O)c2c(nc(Cl)n2CCOc2c(Cl)cccc2Cl)n(C)c1=O. The van der Waals surface area contributed by atoms with Gasteiger partial charge in [-0.25, -0.2) is 4.79 Å². The van der Waals surface area contributed by atoms with Gasteiger partial charge < -0.3 is 9.30 Å². The van der Waals surface area contributed by atoms with Crippen LogP contribution in [0.1, 0.15) is 0 Å². The number of halogens is 3. The Morgan fingerprint density at radius 2 is 1.72 bits per heavy atom. The molecule has 1 aromatic carbocycles. The number of fused-ring (bicyclic) bond motifs is 1. The van der Waals surface area contributed by atoms with E-state index in [0.717, 1.165) is 4.57 Å². The fourth-order valence-corrected chi connectivity index (χ4v) is 3.24. The molecule has 0 amide bonds. The molecule has 3 rings (SSSR count). The van der Waals surface area contributed by atoms with Crippen molar-refractivity contribution in [1.82, 2.24) is 18.7 Å². The molecule has 0 fully saturated rings. The van der Waals surface area contributed by atoms with Crippen molar-refractivity contribution >= 4 is 46.0 Å². The highest BCUT2D eigenvalue weighted by Gasteiger charge is 2.18. The molecule has 0 atom stereocenters. The van der Waals surface area contributed by atoms with Gasteiger partial charge in [0.15, 0.2) is 16.9 Å². The van der Waals surface area contributed by atoms with E-state index in [1.54, 1.807) is 18.2 Å². The third-order valence-corrected chi connectivity index (χ3v) is 4.67. The first kappa shape index (κ1) is 17.8. The molecule has 0 aliphatic carbocycles. The maximum absolute atomic E-state index is 12.4. The lowest BCUT2D eigenvalue weighted by atomic mass is 10.3. The Balaban J connectivity index is 1.96. The summed E-state index contributed by atoms with van der Waals surface area (Å²) in [4.78, 5) is 28.5. The second-order valence-electron chi connectivity index (χ2n) is 5.31. The number of aromatic nitrogens is 4. The quantitative estimate of drug-likeness (QED) is 0.628. The van der Waals surface area contributed by atoms with Crippen LogP contribution in [0.3, 0.4) is 0 Å². The molecule has 2 aromatic heterocycles. The number of aryl methyl sites for hydroxylation is 1. The highest BCUT2D eigenvalue weighted by molar-refractivity contribution is 6.37. The number of ether oxygens (including phenoxy) is 1. The van der Waals surface area contributed by atoms with Gasteiger partial charge in [-0.1, -0.05) is 29.3 Å². The van der Waals surface area contributed by atoms with Crippen molar-refractivity contribution in [1.29, 1.82) is 0 Å². The van der Waals surface area contributed by atoms with Crippen molar-refractivity contribution in [2.24, 2.45) is 14.1 Å². The lowest BCUT2D eigenvalue weighted by Crippen LogP contribution is -2.37. The van der Waals surface area contributed by atoms with Gasteiger partial charge in [0.2, 0.25) is 5.28 Å². The van der Waals surface area contributed by atoms with Crippen LogP contribution in [0, 0.1) is 0 Å². The molecule has 0 saturated carbocycles. The number of nitrogens with zero attached hydrogens (tertiary/aromatic N) is 4. The summed E-state index contributed by atoms with van der Waals surface area (Å²) in [5, 5.41) is 0.849. The van der Waals surface area contributed by atoms with Crippen molar-refractivity contribution in [2.75, 3.05) is 6.61 Å². The van der Waals surface area contributed by atoms with E-state index in [1.165, 1.54) is 23.2 Å². The normalized spacial score (nSPS) is 11.2. The van der Waals surface area contributed by atoms with E-state index in [-0.39, 0.29) is 29.6 Å². The highest BCUT2D eigenvalue weighted by Crippen LogP contribution is 2.32. The molecule has 132 valence electrons. The molecular formula is C15H13Cl3N4O3. The maximum Gasteiger partial charge on any atom is 0.332 e. The Labute approximate surface area is 156 Å². The van der Waals surface area contributed by atoms with Gasteiger partial charge in [-0.2, -0.15) is 4.98 Å². The van der Waals surface area contributed by atoms with E-state index in [1.807, 2.05) is 0 Å². The molecule has 10 heteroatoms. The summed E-state index contributed by atoms with van der Waals surface area (Å²) in [5.74, 6) is 0.353. The summed E-state index contributed by atoms with van der Waals surface area (Å²) in [6, 6.07) is 5.03. The maximum atomic E-state index is 12.4. The van der Waals surface area contributed by atoms with Gasteiger partial charge in [0.25, 0.3) is 5.56 Å². The number of hydrogen-bond donors (Lipinski definition) is 0. The van der Waals surface area contributed by atoms with E-state index in [0.29, 0.717) is 15.8 Å². The van der Waals surface area contributed by atoms with Gasteiger partial charge in [-0.15, -0.1) is 0 Å². The first-order valence-electron chi connectivity index (χ1n) is 7.21. The van der Waals surface area contributed by atoms with Crippen LogP contribution in [0.5, 0.6) is 5.75 Å². The van der Waals surface area contributed by atoms with Gasteiger partial charge in [0, 0.05) is 14.1 Å². The molecule has 0 bridgehead atoms. The number of para-hydroxylation sites is 1. The molecule has 0 radical (unpaired) electrons. The van der Waals surface area contributed by atoms with Crippen LogP contribution in [0.4, 0.5) is 0 Å². The molecule has 2 heterocycles. The first-order valence-corrected chi connectivity index (χ1v) is 8.35. The number of rotatable bonds is 4. The summed E-state index contributed by atoms with van der Waals surface area (Å²) in [5.41, 5.74) is -0.511. The third kappa shape index (κ3) is 3.03. The van der Waals surface area contributed by atoms with Gasteiger partial charge in [-0.3, -0.25) is 13.9 Å². The van der Waals surface area contributed by atoms with Crippen molar-refractivity contribution in [2.45, 2.75) is 6.54 Å². The van der Waals surface area contributed by atoms with Crippen LogP contribution in [-0.4, -0.2) is 25.3 Å². The molecule has 0 saturated heterocycles. The summed E-state index contributed by atoms with van der Waals surface area (Å²) in [7, 11) is 2.92. The van der Waals surface area contributed by atoms with Gasteiger partial charge in [0.05, 0.1) is 16.6 Å². The first-order chi connectivity index (χ1) is 11.8. The molecule has 0 N–H and O–H groups in total. The summed E-state index contributed by atoms with van der Waals surface area (Å²) in [6.45, 7) is 0.380. The fourth-order valence-electron chi connectivity index (χ4n) is 2.48. The topological polar surface area (TPSA) is 71.0 Å². The Morgan fingerprint density at radius 3 is 2.36 bits per heavy atom. The number of benzene rings is 1. The Morgan fingerprint density at radius 1 is 1.08 bits per heavy atom. The molecule has 7 nitrogen and oxygen atoms in total. The van der Waals surface area contributed by atoms with E-state index in [4.69, 9.17) is 39.5 Å². The number of imidazole rings is 1. The van der Waals surface area contributed by atoms with Crippen LogP contribution in [-0.2, 0) is 20.6 Å². The van der Waals surface area contributed by atoms with Crippen LogP contribution in [0.15, 0.2) is 27.8 Å². The summed E-state index contributed by atoms with van der Waals surface area (Å²) >= 11 is 18.3. The van der Waals surface area contributed by atoms with Crippen LogP contribution in [0.2, 0.25) is 15.3 Å². The molecule has 0 unspecified atom stereocenters. The smallest absolute Gasteiger partial charge is 0.332 e. The minimum atomic E-state index is -0.478. The zero-order chi connectivity index (χ0) is 18.3. The minimum Gasteiger partial charge on any atom is -0.489 e. The van der Waals surface area contributed by atoms with Crippen molar-refractivity contribution in [3.05, 3.63) is 54.4 Å². The average Bonchev–Trinajstić information content (AvgIpc) is 2.90. The summed E-state index contributed by atoms with van der Waals surface area (Å²) in [6.07, 6.45) is 0. The highest BCUT2D eigenvalue weighted by atomic mass is 35.5. The zero-order valence-electron chi connectivity index (χ0n) is 13.3. The van der Waals surface area contributed by atoms with Crippen molar-refractivity contribution in [3.8, 4) is 5.75 Å². The van der Waals surface area contributed by atoms with E-state index < -0.39 is 11.2 Å². The zero-order valence-corrected chi connectivity index (χ0v) is 15.6. The lowest BCUT2D eigenvalue weighted by Gasteiger charge is -2.11. The largest absolute Gasteiger partial charge is 0.489 e. The Kier molecular flexibility index (Phi) is 4.81. The standard InChI is InChI=1S/C15H13Cl3N4O3/c1-20-12-10(13(23)21(2)15(20)24)22(14(18)19-12)6-7-25-11-8(16)4-3-5-9(11)17/h3-5H,6-7H2,1-2H3. The molecular weight excluding hydrogens is 391 g/mol. The Hall–Kier alpha value is -1.96. The second-order valence-corrected chi connectivity index (χ2v) is 6.46.